The third-order valence-corrected chi connectivity index (χ3v) is 4.15. The summed E-state index contributed by atoms with van der Waals surface area (Å²) in [6, 6.07) is 33.7. The maximum absolute atomic E-state index is 2.18. The van der Waals surface area contributed by atoms with Crippen LogP contribution in [0.3, 0.4) is 0 Å². The fourth-order valence-corrected chi connectivity index (χ4v) is 2.80. The number of hydrogen-bond donors (Lipinski definition) is 0. The average Bonchev–Trinajstić information content (AvgIpc) is 3.23. The molecule has 0 saturated heterocycles. The van der Waals surface area contributed by atoms with Crippen LogP contribution in [-0.2, 0) is 0 Å². The minimum Gasteiger partial charge on any atom is -0.152 e. The summed E-state index contributed by atoms with van der Waals surface area (Å²) in [5.74, 6) is 0. The average molecular weight is 314 g/mol. The first kappa shape index (κ1) is 15.3. The second-order valence-corrected chi connectivity index (χ2v) is 5.92. The lowest BCUT2D eigenvalue weighted by Gasteiger charge is -2.04. The summed E-state index contributed by atoms with van der Waals surface area (Å²) in [4.78, 5) is 0. The van der Waals surface area contributed by atoms with Crippen molar-refractivity contribution in [3.63, 3.8) is 0 Å². The van der Waals surface area contributed by atoms with E-state index in [-0.39, 0.29) is 0 Å². The van der Waals surface area contributed by atoms with Crippen LogP contribution in [0.2, 0.25) is 0 Å². The molecule has 4 rings (SSSR count). The van der Waals surface area contributed by atoms with Crippen molar-refractivity contribution in [1.29, 1.82) is 0 Å². The first-order valence-corrected chi connectivity index (χ1v) is 8.56. The van der Waals surface area contributed by atoms with Gasteiger partial charge in [0.25, 0.3) is 0 Å². The molecule has 0 radical (unpaired) electrons. The van der Waals surface area contributed by atoms with Gasteiger partial charge >= 0.3 is 0 Å². The summed E-state index contributed by atoms with van der Waals surface area (Å²) in [5.41, 5.74) is 5.04. The molecular formula is C22H18S. The summed E-state index contributed by atoms with van der Waals surface area (Å²) in [7, 11) is 0. The van der Waals surface area contributed by atoms with Gasteiger partial charge < -0.3 is 0 Å². The van der Waals surface area contributed by atoms with Gasteiger partial charge in [0.05, 0.1) is 0 Å². The van der Waals surface area contributed by atoms with Gasteiger partial charge in [-0.3, -0.25) is 0 Å². The normalized spacial score (nSPS) is 9.74. The first-order valence-electron chi connectivity index (χ1n) is 7.61. The van der Waals surface area contributed by atoms with Crippen LogP contribution in [0.4, 0.5) is 0 Å². The number of benzene rings is 3. The van der Waals surface area contributed by atoms with Crippen LogP contribution in [0.1, 0.15) is 0 Å². The zero-order chi connectivity index (χ0) is 15.7. The molecule has 0 amide bonds. The molecule has 0 spiro atoms. The van der Waals surface area contributed by atoms with E-state index in [2.05, 4.69) is 72.8 Å². The molecule has 1 heteroatoms. The summed E-state index contributed by atoms with van der Waals surface area (Å²) in [6.07, 6.45) is 0. The van der Waals surface area contributed by atoms with Crippen molar-refractivity contribution < 1.29 is 0 Å². The van der Waals surface area contributed by atoms with Gasteiger partial charge in [0.2, 0.25) is 0 Å². The Morgan fingerprint density at radius 1 is 0.348 bits per heavy atom. The third kappa shape index (κ3) is 4.41. The van der Waals surface area contributed by atoms with E-state index in [0.29, 0.717) is 0 Å². The fourth-order valence-electron chi connectivity index (χ4n) is 2.34. The van der Waals surface area contributed by atoms with E-state index in [1.54, 1.807) is 11.3 Å². The van der Waals surface area contributed by atoms with Gasteiger partial charge in [-0.25, -0.2) is 0 Å². The van der Waals surface area contributed by atoms with Gasteiger partial charge in [0.15, 0.2) is 0 Å². The molecule has 0 atom stereocenters. The second kappa shape index (κ2) is 8.11. The molecule has 0 N–H and O–H groups in total. The Morgan fingerprint density at radius 2 is 0.696 bits per heavy atom. The van der Waals surface area contributed by atoms with E-state index in [1.807, 2.05) is 35.0 Å². The van der Waals surface area contributed by atoms with Crippen molar-refractivity contribution in [3.05, 3.63) is 108 Å². The second-order valence-electron chi connectivity index (χ2n) is 5.10. The van der Waals surface area contributed by atoms with Gasteiger partial charge in [-0.05, 0) is 33.0 Å². The Balaban J connectivity index is 0.000000267. The molecule has 0 unspecified atom stereocenters. The summed E-state index contributed by atoms with van der Waals surface area (Å²) >= 11 is 1.71. The number of thiophene rings is 1. The van der Waals surface area contributed by atoms with Crippen LogP contribution >= 0.6 is 11.3 Å². The number of rotatable bonds is 2. The Bertz CT molecular complexity index is 710. The van der Waals surface area contributed by atoms with Crippen LogP contribution in [0, 0.1) is 0 Å². The molecule has 0 fully saturated rings. The van der Waals surface area contributed by atoms with Gasteiger partial charge in [0.1, 0.15) is 0 Å². The Morgan fingerprint density at radius 3 is 1.00 bits per heavy atom. The lowest BCUT2D eigenvalue weighted by atomic mass is 10.0. The Labute approximate surface area is 141 Å². The predicted octanol–water partition coefficient (Wildman–Crippen LogP) is 6.77. The predicted molar refractivity (Wildman–Crippen MR) is 102 cm³/mol. The number of hydrogen-bond acceptors (Lipinski definition) is 1. The summed E-state index contributed by atoms with van der Waals surface area (Å²) in [5, 5.41) is 4.08. The molecule has 0 aliphatic rings. The lowest BCUT2D eigenvalue weighted by molar-refractivity contribution is 1.59. The monoisotopic (exact) mass is 314 g/mol. The Hall–Kier alpha value is -2.64. The first-order chi connectivity index (χ1) is 11.4. The smallest absolute Gasteiger partial charge is 0.00934 e. The SMILES string of the molecule is c1ccc(-c2ccc(-c3ccccc3)cc2)cc1.c1ccsc1. The summed E-state index contributed by atoms with van der Waals surface area (Å²) < 4.78 is 0. The molecule has 23 heavy (non-hydrogen) atoms. The topological polar surface area (TPSA) is 0 Å². The molecule has 112 valence electrons. The minimum absolute atomic E-state index is 1.26. The van der Waals surface area contributed by atoms with Crippen LogP contribution in [0.25, 0.3) is 22.3 Å². The van der Waals surface area contributed by atoms with Gasteiger partial charge in [-0.15, -0.1) is 0 Å². The highest BCUT2D eigenvalue weighted by atomic mass is 32.1. The standard InChI is InChI=1S/C18H14.C4H4S/c1-3-7-15(8-4-1)17-11-13-18(14-12-17)16-9-5-2-6-10-16;1-2-4-5-3-1/h1-14H;1-4H. The van der Waals surface area contributed by atoms with E-state index >= 15 is 0 Å². The highest BCUT2D eigenvalue weighted by Crippen LogP contribution is 2.24. The quantitative estimate of drug-likeness (QED) is 0.383. The van der Waals surface area contributed by atoms with E-state index in [9.17, 15) is 0 Å². The maximum Gasteiger partial charge on any atom is -0.00934 e. The lowest BCUT2D eigenvalue weighted by Crippen LogP contribution is -1.79. The van der Waals surface area contributed by atoms with Gasteiger partial charge in [-0.1, -0.05) is 97.1 Å². The molecule has 3 aromatic carbocycles. The van der Waals surface area contributed by atoms with Crippen molar-refractivity contribution in [2.24, 2.45) is 0 Å². The zero-order valence-corrected chi connectivity index (χ0v) is 13.6. The van der Waals surface area contributed by atoms with Crippen LogP contribution in [0.5, 0.6) is 0 Å². The molecule has 1 heterocycles. The third-order valence-electron chi connectivity index (χ3n) is 3.52. The highest BCUT2D eigenvalue weighted by Gasteiger charge is 1.98. The van der Waals surface area contributed by atoms with Crippen molar-refractivity contribution >= 4 is 11.3 Å². The van der Waals surface area contributed by atoms with Crippen molar-refractivity contribution in [3.8, 4) is 22.3 Å². The highest BCUT2D eigenvalue weighted by molar-refractivity contribution is 7.07. The molecule has 0 nitrogen and oxygen atoms in total. The molecule has 4 aromatic rings. The molecular weight excluding hydrogens is 296 g/mol. The van der Waals surface area contributed by atoms with E-state index in [0.717, 1.165) is 0 Å². The van der Waals surface area contributed by atoms with Crippen LogP contribution in [-0.4, -0.2) is 0 Å². The van der Waals surface area contributed by atoms with Crippen LogP contribution in [0.15, 0.2) is 108 Å². The van der Waals surface area contributed by atoms with Crippen molar-refractivity contribution in [2.45, 2.75) is 0 Å². The fraction of sp³-hybridized carbons (Fsp3) is 0. The van der Waals surface area contributed by atoms with Crippen LogP contribution < -0.4 is 0 Å². The molecule has 0 saturated carbocycles. The molecule has 0 bridgehead atoms. The van der Waals surface area contributed by atoms with Crippen molar-refractivity contribution in [1.82, 2.24) is 0 Å². The maximum atomic E-state index is 2.18. The van der Waals surface area contributed by atoms with Crippen molar-refractivity contribution in [2.75, 3.05) is 0 Å². The van der Waals surface area contributed by atoms with Gasteiger partial charge in [-0.2, -0.15) is 11.3 Å². The Kier molecular flexibility index (Phi) is 5.38. The van der Waals surface area contributed by atoms with E-state index in [4.69, 9.17) is 0 Å². The van der Waals surface area contributed by atoms with Gasteiger partial charge in [0, 0.05) is 0 Å². The molecule has 0 aliphatic heterocycles. The minimum atomic E-state index is 1.26. The largest absolute Gasteiger partial charge is 0.152 e. The summed E-state index contributed by atoms with van der Waals surface area (Å²) in [6.45, 7) is 0. The van der Waals surface area contributed by atoms with E-state index < -0.39 is 0 Å². The molecule has 1 aromatic heterocycles. The zero-order valence-electron chi connectivity index (χ0n) is 12.8. The molecule has 0 aliphatic carbocycles. The van der Waals surface area contributed by atoms with E-state index in [1.165, 1.54) is 22.3 Å².